The average molecular weight is 303 g/mol. The minimum absolute atomic E-state index is 0.344. The maximum atomic E-state index is 11.8. The van der Waals surface area contributed by atoms with E-state index in [-0.39, 0.29) is 0 Å². The van der Waals surface area contributed by atoms with E-state index in [2.05, 4.69) is 26.7 Å². The van der Waals surface area contributed by atoms with Gasteiger partial charge in [0, 0.05) is 12.6 Å². The molecular weight excluding hydrogens is 286 g/mol. The Morgan fingerprint density at radius 1 is 1.57 bits per heavy atom. The van der Waals surface area contributed by atoms with Crippen molar-refractivity contribution in [2.75, 3.05) is 17.7 Å². The summed E-state index contributed by atoms with van der Waals surface area (Å²) in [6.07, 6.45) is 3.85. The Labute approximate surface area is 127 Å². The van der Waals surface area contributed by atoms with Crippen LogP contribution in [0.25, 0.3) is 0 Å². The summed E-state index contributed by atoms with van der Waals surface area (Å²) in [5.74, 6) is 0.348. The van der Waals surface area contributed by atoms with Crippen LogP contribution in [0.5, 0.6) is 0 Å². The van der Waals surface area contributed by atoms with Gasteiger partial charge in [-0.2, -0.15) is 11.3 Å². The van der Waals surface area contributed by atoms with E-state index < -0.39 is 5.97 Å². The Morgan fingerprint density at radius 2 is 2.38 bits per heavy atom. The largest absolute Gasteiger partial charge is 0.465 e. The van der Waals surface area contributed by atoms with Crippen molar-refractivity contribution in [2.45, 2.75) is 25.4 Å². The molecular formula is C15H17N3O2S. The summed E-state index contributed by atoms with van der Waals surface area (Å²) in [4.78, 5) is 18.4. The maximum Gasteiger partial charge on any atom is 0.340 e. The molecule has 0 amide bonds. The van der Waals surface area contributed by atoms with Crippen molar-refractivity contribution in [2.24, 2.45) is 0 Å². The lowest BCUT2D eigenvalue weighted by Gasteiger charge is -2.23. The topological polar surface area (TPSA) is 68.5 Å². The predicted molar refractivity (Wildman–Crippen MR) is 83.5 cm³/mol. The number of carbonyl (C=O) groups is 1. The molecule has 3 rings (SSSR count). The van der Waals surface area contributed by atoms with Crippen LogP contribution >= 0.6 is 11.3 Å². The Kier molecular flexibility index (Phi) is 3.79. The number of nitrogen functional groups attached to an aromatic ring is 1. The minimum Gasteiger partial charge on any atom is -0.465 e. The third-order valence-corrected chi connectivity index (χ3v) is 4.27. The van der Waals surface area contributed by atoms with Crippen LogP contribution in [0.4, 0.5) is 11.5 Å². The van der Waals surface area contributed by atoms with Crippen molar-refractivity contribution in [3.05, 3.63) is 40.2 Å². The number of methoxy groups -OCH3 is 1. The fraction of sp³-hybridized carbons (Fsp3) is 0.333. The van der Waals surface area contributed by atoms with Gasteiger partial charge in [-0.05, 0) is 41.3 Å². The molecule has 5 nitrogen and oxygen atoms in total. The van der Waals surface area contributed by atoms with Gasteiger partial charge in [0.05, 0.1) is 24.6 Å². The summed E-state index contributed by atoms with van der Waals surface area (Å²) >= 11 is 1.68. The van der Waals surface area contributed by atoms with E-state index in [4.69, 9.17) is 10.5 Å². The minimum atomic E-state index is -0.428. The Bertz CT molecular complexity index is 638. The number of pyridine rings is 1. The first-order valence-electron chi connectivity index (χ1n) is 6.80. The highest BCUT2D eigenvalue weighted by Gasteiger charge is 2.30. The molecule has 1 aliphatic carbocycles. The number of esters is 1. The molecule has 0 spiro atoms. The number of rotatable bonds is 5. The zero-order valence-corrected chi connectivity index (χ0v) is 12.6. The number of nitrogens with two attached hydrogens (primary N) is 1. The molecule has 0 aliphatic heterocycles. The molecule has 0 atom stereocenters. The van der Waals surface area contributed by atoms with Gasteiger partial charge in [-0.15, -0.1) is 0 Å². The van der Waals surface area contributed by atoms with E-state index in [0.29, 0.717) is 17.3 Å². The second kappa shape index (κ2) is 5.73. The number of nitrogens with zero attached hydrogens (tertiary/aromatic N) is 2. The molecule has 21 heavy (non-hydrogen) atoms. The van der Waals surface area contributed by atoms with E-state index in [1.165, 1.54) is 18.9 Å². The highest BCUT2D eigenvalue weighted by atomic mass is 32.1. The number of carbonyl (C=O) groups excluding carboxylic acids is 1. The second-order valence-corrected chi connectivity index (χ2v) is 5.89. The lowest BCUT2D eigenvalue weighted by Crippen LogP contribution is -2.26. The summed E-state index contributed by atoms with van der Waals surface area (Å²) in [5.41, 5.74) is 7.79. The first-order valence-corrected chi connectivity index (χ1v) is 7.75. The normalized spacial score (nSPS) is 14.0. The number of thiophene rings is 1. The molecule has 0 saturated heterocycles. The van der Waals surface area contributed by atoms with Gasteiger partial charge in [0.15, 0.2) is 0 Å². The molecule has 2 aromatic heterocycles. The second-order valence-electron chi connectivity index (χ2n) is 5.11. The van der Waals surface area contributed by atoms with Crippen molar-refractivity contribution in [1.29, 1.82) is 0 Å². The van der Waals surface area contributed by atoms with Crippen molar-refractivity contribution in [3.8, 4) is 0 Å². The van der Waals surface area contributed by atoms with Gasteiger partial charge in [0.1, 0.15) is 5.82 Å². The molecule has 110 valence electrons. The zero-order valence-electron chi connectivity index (χ0n) is 11.8. The number of aromatic nitrogens is 1. The molecule has 2 heterocycles. The summed E-state index contributed by atoms with van der Waals surface area (Å²) in [5, 5.41) is 4.20. The van der Waals surface area contributed by atoms with Crippen molar-refractivity contribution in [1.82, 2.24) is 4.98 Å². The molecule has 2 N–H and O–H groups in total. The number of hydrogen-bond donors (Lipinski definition) is 1. The van der Waals surface area contributed by atoms with E-state index in [1.807, 2.05) is 0 Å². The molecule has 1 aliphatic rings. The Balaban J connectivity index is 1.90. The van der Waals surface area contributed by atoms with Gasteiger partial charge in [-0.3, -0.25) is 0 Å². The molecule has 0 radical (unpaired) electrons. The summed E-state index contributed by atoms with van der Waals surface area (Å²) in [6, 6.07) is 4.33. The zero-order chi connectivity index (χ0) is 14.8. The molecule has 1 fully saturated rings. The van der Waals surface area contributed by atoms with E-state index in [9.17, 15) is 4.79 Å². The average Bonchev–Trinajstić information content (AvgIpc) is 3.21. The Hall–Kier alpha value is -2.08. The fourth-order valence-electron chi connectivity index (χ4n) is 2.26. The molecule has 0 bridgehead atoms. The van der Waals surface area contributed by atoms with Crippen LogP contribution in [-0.2, 0) is 11.3 Å². The first kappa shape index (κ1) is 13.9. The van der Waals surface area contributed by atoms with Gasteiger partial charge >= 0.3 is 5.97 Å². The van der Waals surface area contributed by atoms with Crippen LogP contribution in [0.1, 0.15) is 28.8 Å². The van der Waals surface area contributed by atoms with Crippen LogP contribution in [-0.4, -0.2) is 24.1 Å². The van der Waals surface area contributed by atoms with E-state index >= 15 is 0 Å². The highest BCUT2D eigenvalue weighted by molar-refractivity contribution is 7.07. The van der Waals surface area contributed by atoms with Crippen molar-refractivity contribution >= 4 is 28.8 Å². The molecule has 6 heteroatoms. The predicted octanol–water partition coefficient (Wildman–Crippen LogP) is 2.68. The van der Waals surface area contributed by atoms with Crippen LogP contribution in [0, 0.1) is 0 Å². The third kappa shape index (κ3) is 3.00. The van der Waals surface area contributed by atoms with E-state index in [1.54, 1.807) is 17.4 Å². The fourth-order valence-corrected chi connectivity index (χ4v) is 2.92. The van der Waals surface area contributed by atoms with Crippen LogP contribution in [0.3, 0.4) is 0 Å². The van der Waals surface area contributed by atoms with Crippen LogP contribution in [0.2, 0.25) is 0 Å². The number of anilines is 2. The third-order valence-electron chi connectivity index (χ3n) is 3.54. The monoisotopic (exact) mass is 303 g/mol. The molecule has 0 aromatic carbocycles. The highest BCUT2D eigenvalue weighted by Crippen LogP contribution is 2.33. The van der Waals surface area contributed by atoms with Gasteiger partial charge in [-0.25, -0.2) is 9.78 Å². The van der Waals surface area contributed by atoms with Gasteiger partial charge in [0.25, 0.3) is 0 Å². The lowest BCUT2D eigenvalue weighted by atomic mass is 10.2. The van der Waals surface area contributed by atoms with Crippen molar-refractivity contribution in [3.63, 3.8) is 0 Å². The lowest BCUT2D eigenvalue weighted by molar-refractivity contribution is 0.0602. The molecule has 1 saturated carbocycles. The number of ether oxygens (including phenoxy) is 1. The van der Waals surface area contributed by atoms with Gasteiger partial charge in [-0.1, -0.05) is 0 Å². The summed E-state index contributed by atoms with van der Waals surface area (Å²) in [7, 11) is 1.35. The quantitative estimate of drug-likeness (QED) is 0.860. The maximum absolute atomic E-state index is 11.8. The van der Waals surface area contributed by atoms with Crippen LogP contribution < -0.4 is 10.6 Å². The van der Waals surface area contributed by atoms with E-state index in [0.717, 1.165) is 25.2 Å². The SMILES string of the molecule is COC(=O)c1cc(N(Cc2ccsc2)C2CC2)ncc1N. The molecule has 0 unspecified atom stereocenters. The molecule has 2 aromatic rings. The van der Waals surface area contributed by atoms with Gasteiger partial charge in [0.2, 0.25) is 0 Å². The van der Waals surface area contributed by atoms with Crippen molar-refractivity contribution < 1.29 is 9.53 Å². The standard InChI is InChI=1S/C15H17N3O2S/c1-20-15(19)12-6-14(17-7-13(12)16)18(11-2-3-11)8-10-4-5-21-9-10/h4-7,9,11H,2-3,8,16H2,1H3. The summed E-state index contributed by atoms with van der Waals surface area (Å²) < 4.78 is 4.77. The Morgan fingerprint density at radius 3 is 3.00 bits per heavy atom. The van der Waals surface area contributed by atoms with Crippen LogP contribution in [0.15, 0.2) is 29.1 Å². The smallest absolute Gasteiger partial charge is 0.340 e. The van der Waals surface area contributed by atoms with Gasteiger partial charge < -0.3 is 15.4 Å². The first-order chi connectivity index (χ1) is 10.2. The summed E-state index contributed by atoms with van der Waals surface area (Å²) in [6.45, 7) is 0.797. The number of hydrogen-bond acceptors (Lipinski definition) is 6.